The lowest BCUT2D eigenvalue weighted by Gasteiger charge is -2.13. The van der Waals surface area contributed by atoms with E-state index in [1.54, 1.807) is 11.3 Å². The van der Waals surface area contributed by atoms with Crippen molar-refractivity contribution in [1.82, 2.24) is 5.32 Å². The number of rotatable bonds is 7. The van der Waals surface area contributed by atoms with Crippen molar-refractivity contribution in [3.63, 3.8) is 0 Å². The Morgan fingerprint density at radius 2 is 2.19 bits per heavy atom. The lowest BCUT2D eigenvalue weighted by atomic mass is 10.1. The number of hydrogen-bond donors (Lipinski definition) is 1. The van der Waals surface area contributed by atoms with E-state index < -0.39 is 0 Å². The predicted molar refractivity (Wildman–Crippen MR) is 77.6 cm³/mol. The molecule has 0 aliphatic carbocycles. The molecule has 0 saturated carbocycles. The highest BCUT2D eigenvalue weighted by Crippen LogP contribution is 2.36. The maximum Gasteiger partial charge on any atom is 0.0887 e. The molecule has 4 heteroatoms. The molecule has 0 saturated heterocycles. The van der Waals surface area contributed by atoms with E-state index in [2.05, 4.69) is 34.2 Å². The topological polar surface area (TPSA) is 12.0 Å². The first-order chi connectivity index (χ1) is 7.69. The van der Waals surface area contributed by atoms with Crippen molar-refractivity contribution in [1.29, 1.82) is 0 Å². The van der Waals surface area contributed by atoms with Crippen molar-refractivity contribution in [2.24, 2.45) is 0 Å². The minimum absolute atomic E-state index is 0.450. The summed E-state index contributed by atoms with van der Waals surface area (Å²) in [5.74, 6) is 0. The van der Waals surface area contributed by atoms with Gasteiger partial charge in [0.15, 0.2) is 0 Å². The van der Waals surface area contributed by atoms with Gasteiger partial charge in [-0.3, -0.25) is 0 Å². The Labute approximate surface area is 116 Å². The third-order valence-electron chi connectivity index (χ3n) is 2.70. The molecule has 0 aliphatic rings. The summed E-state index contributed by atoms with van der Waals surface area (Å²) < 4.78 is 1.04. The fraction of sp³-hybridized carbons (Fsp3) is 0.667. The first kappa shape index (κ1) is 14.5. The van der Waals surface area contributed by atoms with Gasteiger partial charge >= 0.3 is 0 Å². The molecule has 0 aliphatic heterocycles. The van der Waals surface area contributed by atoms with Crippen LogP contribution < -0.4 is 5.32 Å². The highest BCUT2D eigenvalue weighted by molar-refractivity contribution is 9.11. The second-order valence-electron chi connectivity index (χ2n) is 3.96. The van der Waals surface area contributed by atoms with Crippen LogP contribution in [0.15, 0.2) is 9.85 Å². The van der Waals surface area contributed by atoms with Crippen LogP contribution in [-0.4, -0.2) is 7.05 Å². The van der Waals surface area contributed by atoms with Crippen molar-refractivity contribution >= 4 is 38.9 Å². The predicted octanol–water partition coefficient (Wildman–Crippen LogP) is 5.39. The zero-order valence-corrected chi connectivity index (χ0v) is 13.0. The summed E-state index contributed by atoms with van der Waals surface area (Å²) in [6.45, 7) is 2.24. The number of hydrogen-bond acceptors (Lipinski definition) is 2. The maximum atomic E-state index is 6.05. The molecule has 0 aromatic carbocycles. The Morgan fingerprint density at radius 3 is 2.69 bits per heavy atom. The first-order valence-electron chi connectivity index (χ1n) is 5.81. The average molecular weight is 325 g/mol. The van der Waals surface area contributed by atoms with Gasteiger partial charge < -0.3 is 5.32 Å². The molecule has 1 atom stereocenters. The molecule has 1 N–H and O–H groups in total. The SMILES string of the molecule is CCCCCCC(NC)c1cc(Cl)c(Br)s1. The van der Waals surface area contributed by atoms with Gasteiger partial charge in [0.2, 0.25) is 0 Å². The van der Waals surface area contributed by atoms with E-state index in [-0.39, 0.29) is 0 Å². The Bertz CT molecular complexity index is 294. The van der Waals surface area contributed by atoms with Crippen LogP contribution in [0.4, 0.5) is 0 Å². The van der Waals surface area contributed by atoms with E-state index in [9.17, 15) is 0 Å². The van der Waals surface area contributed by atoms with Gasteiger partial charge in [-0.1, -0.05) is 44.2 Å². The standard InChI is InChI=1S/C12H19BrClNS/c1-3-4-5-6-7-10(15-2)11-8-9(14)12(13)16-11/h8,10,15H,3-7H2,1-2H3. The molecule has 92 valence electrons. The summed E-state index contributed by atoms with van der Waals surface area (Å²) in [6.07, 6.45) is 6.44. The van der Waals surface area contributed by atoms with Crippen LogP contribution in [-0.2, 0) is 0 Å². The quantitative estimate of drug-likeness (QED) is 0.663. The normalized spacial score (nSPS) is 13.0. The summed E-state index contributed by atoms with van der Waals surface area (Å²) in [6, 6.07) is 2.52. The summed E-state index contributed by atoms with van der Waals surface area (Å²) in [5.41, 5.74) is 0. The van der Waals surface area contributed by atoms with Gasteiger partial charge in [0.25, 0.3) is 0 Å². The molecule has 1 aromatic heterocycles. The van der Waals surface area contributed by atoms with Crippen molar-refractivity contribution in [3.05, 3.63) is 19.8 Å². The van der Waals surface area contributed by atoms with Crippen molar-refractivity contribution in [2.45, 2.75) is 45.1 Å². The molecule has 0 fully saturated rings. The zero-order chi connectivity index (χ0) is 12.0. The number of unbranched alkanes of at least 4 members (excludes halogenated alkanes) is 3. The van der Waals surface area contributed by atoms with E-state index in [0.29, 0.717) is 6.04 Å². The van der Waals surface area contributed by atoms with Gasteiger partial charge in [-0.05, 0) is 35.5 Å². The van der Waals surface area contributed by atoms with Crippen LogP contribution in [0.2, 0.25) is 5.02 Å². The highest BCUT2D eigenvalue weighted by Gasteiger charge is 2.13. The average Bonchev–Trinajstić information content (AvgIpc) is 2.59. The highest BCUT2D eigenvalue weighted by atomic mass is 79.9. The largest absolute Gasteiger partial charge is 0.312 e. The monoisotopic (exact) mass is 323 g/mol. The van der Waals surface area contributed by atoms with Crippen molar-refractivity contribution < 1.29 is 0 Å². The second-order valence-corrected chi connectivity index (χ2v) is 6.77. The van der Waals surface area contributed by atoms with E-state index in [4.69, 9.17) is 11.6 Å². The minimum atomic E-state index is 0.450. The lowest BCUT2D eigenvalue weighted by molar-refractivity contribution is 0.511. The van der Waals surface area contributed by atoms with Gasteiger partial charge in [0.1, 0.15) is 0 Å². The third kappa shape index (κ3) is 4.36. The summed E-state index contributed by atoms with van der Waals surface area (Å²) >= 11 is 11.2. The van der Waals surface area contributed by atoms with Crippen molar-refractivity contribution in [2.75, 3.05) is 7.05 Å². The molecule has 1 unspecified atom stereocenters. The molecule has 0 amide bonds. The van der Waals surface area contributed by atoms with Crippen LogP contribution in [0.1, 0.15) is 49.9 Å². The molecule has 0 bridgehead atoms. The van der Waals surface area contributed by atoms with Gasteiger partial charge in [0.05, 0.1) is 8.81 Å². The molecule has 16 heavy (non-hydrogen) atoms. The van der Waals surface area contributed by atoms with Gasteiger partial charge in [-0.2, -0.15) is 0 Å². The van der Waals surface area contributed by atoms with Crippen molar-refractivity contribution in [3.8, 4) is 0 Å². The Balaban J connectivity index is 2.47. The molecule has 0 radical (unpaired) electrons. The van der Waals surface area contributed by atoms with Crippen LogP contribution >= 0.6 is 38.9 Å². The van der Waals surface area contributed by atoms with E-state index >= 15 is 0 Å². The zero-order valence-electron chi connectivity index (χ0n) is 9.85. The molecule has 1 rings (SSSR count). The summed E-state index contributed by atoms with van der Waals surface area (Å²) in [4.78, 5) is 1.33. The van der Waals surface area contributed by atoms with Gasteiger partial charge in [0, 0.05) is 10.9 Å². The Morgan fingerprint density at radius 1 is 1.44 bits per heavy atom. The fourth-order valence-corrected chi connectivity index (χ4v) is 3.63. The van der Waals surface area contributed by atoms with E-state index in [1.807, 2.05) is 7.05 Å². The van der Waals surface area contributed by atoms with Crippen LogP contribution in [0.25, 0.3) is 0 Å². The fourth-order valence-electron chi connectivity index (χ4n) is 1.74. The number of thiophene rings is 1. The second kappa shape index (κ2) is 7.70. The first-order valence-corrected chi connectivity index (χ1v) is 7.79. The van der Waals surface area contributed by atoms with Crippen LogP contribution in [0.3, 0.4) is 0 Å². The Hall–Kier alpha value is 0.430. The van der Waals surface area contributed by atoms with Gasteiger partial charge in [-0.15, -0.1) is 11.3 Å². The molecule has 1 nitrogen and oxygen atoms in total. The summed E-state index contributed by atoms with van der Waals surface area (Å²) in [5, 5.41) is 4.19. The van der Waals surface area contributed by atoms with Crippen LogP contribution in [0, 0.1) is 0 Å². The molecule has 1 heterocycles. The number of halogens is 2. The third-order valence-corrected chi connectivity index (χ3v) is 5.29. The van der Waals surface area contributed by atoms with Gasteiger partial charge in [-0.25, -0.2) is 0 Å². The molecule has 0 spiro atoms. The van der Waals surface area contributed by atoms with E-state index in [1.165, 1.54) is 37.0 Å². The van der Waals surface area contributed by atoms with Crippen LogP contribution in [0.5, 0.6) is 0 Å². The number of nitrogens with one attached hydrogen (secondary N) is 1. The molecular weight excluding hydrogens is 306 g/mol. The smallest absolute Gasteiger partial charge is 0.0887 e. The molecular formula is C12H19BrClNS. The van der Waals surface area contributed by atoms with E-state index in [0.717, 1.165) is 8.81 Å². The Kier molecular flexibility index (Phi) is 6.97. The minimum Gasteiger partial charge on any atom is -0.312 e. The maximum absolute atomic E-state index is 6.05. The lowest BCUT2D eigenvalue weighted by Crippen LogP contribution is -2.14. The molecule has 1 aromatic rings. The summed E-state index contributed by atoms with van der Waals surface area (Å²) in [7, 11) is 2.02.